The van der Waals surface area contributed by atoms with Gasteiger partial charge in [0.05, 0.1) is 4.88 Å². The number of carbonyl (C=O) groups is 1. The fourth-order valence-electron chi connectivity index (χ4n) is 3.35. The van der Waals surface area contributed by atoms with E-state index in [0.717, 1.165) is 27.1 Å². The van der Waals surface area contributed by atoms with Gasteiger partial charge in [-0.25, -0.2) is 4.39 Å². The van der Waals surface area contributed by atoms with Crippen molar-refractivity contribution in [1.82, 2.24) is 9.88 Å². The van der Waals surface area contributed by atoms with Gasteiger partial charge in [-0.05, 0) is 77.0 Å². The van der Waals surface area contributed by atoms with Gasteiger partial charge in [0.15, 0.2) is 0 Å². The fraction of sp³-hybridized carbons (Fsp3) is 0.154. The van der Waals surface area contributed by atoms with Crippen LogP contribution in [0.25, 0.3) is 0 Å². The maximum Gasteiger partial charge on any atom is 0.264 e. The maximum absolute atomic E-state index is 13.3. The molecule has 0 unspecified atom stereocenters. The van der Waals surface area contributed by atoms with Crippen molar-refractivity contribution in [3.05, 3.63) is 117 Å². The van der Waals surface area contributed by atoms with E-state index in [1.165, 1.54) is 23.5 Å². The van der Waals surface area contributed by atoms with Gasteiger partial charge in [-0.1, -0.05) is 24.3 Å². The summed E-state index contributed by atoms with van der Waals surface area (Å²) >= 11 is 1.46. The molecule has 0 fully saturated rings. The van der Waals surface area contributed by atoms with Crippen molar-refractivity contribution in [2.45, 2.75) is 26.6 Å². The quantitative estimate of drug-likeness (QED) is 0.333. The Morgan fingerprint density at radius 1 is 0.969 bits per heavy atom. The number of thiophene rings is 1. The first-order valence-electron chi connectivity index (χ1n) is 10.3. The van der Waals surface area contributed by atoms with Crippen molar-refractivity contribution in [3.63, 3.8) is 0 Å². The number of rotatable bonds is 8. The molecule has 0 saturated heterocycles. The molecule has 0 radical (unpaired) electrons. The standard InChI is InChI=1S/C26H23FN2O2S/c1-19-11-14-32-25(19)26(30)29(17-21-9-12-28-13-10-21)16-20-5-7-24(8-6-20)31-18-22-3-2-4-23(27)15-22/h2-15H,16-18H2,1H3. The smallest absolute Gasteiger partial charge is 0.264 e. The lowest BCUT2D eigenvalue weighted by Gasteiger charge is -2.23. The average Bonchev–Trinajstić information content (AvgIpc) is 3.24. The number of hydrogen-bond acceptors (Lipinski definition) is 4. The van der Waals surface area contributed by atoms with Crippen molar-refractivity contribution in [1.29, 1.82) is 0 Å². The summed E-state index contributed by atoms with van der Waals surface area (Å²) in [5.74, 6) is 0.432. The fourth-order valence-corrected chi connectivity index (χ4v) is 4.24. The van der Waals surface area contributed by atoms with Crippen LogP contribution in [0.2, 0.25) is 0 Å². The van der Waals surface area contributed by atoms with Gasteiger partial charge < -0.3 is 9.64 Å². The van der Waals surface area contributed by atoms with E-state index >= 15 is 0 Å². The minimum atomic E-state index is -0.276. The Hall–Kier alpha value is -3.51. The molecule has 162 valence electrons. The minimum absolute atomic E-state index is 0.0146. The number of aromatic nitrogens is 1. The number of amides is 1. The number of pyridine rings is 1. The van der Waals surface area contributed by atoms with Gasteiger partial charge in [-0.15, -0.1) is 11.3 Å². The highest BCUT2D eigenvalue weighted by Crippen LogP contribution is 2.22. The molecule has 0 aliphatic rings. The number of carbonyl (C=O) groups excluding carboxylic acids is 1. The first kappa shape index (κ1) is 21.7. The van der Waals surface area contributed by atoms with Gasteiger partial charge >= 0.3 is 0 Å². The van der Waals surface area contributed by atoms with Crippen LogP contribution in [0.3, 0.4) is 0 Å². The first-order chi connectivity index (χ1) is 15.6. The van der Waals surface area contributed by atoms with E-state index in [0.29, 0.717) is 25.4 Å². The number of hydrogen-bond donors (Lipinski definition) is 0. The van der Waals surface area contributed by atoms with Crippen LogP contribution in [0.4, 0.5) is 4.39 Å². The average molecular weight is 447 g/mol. The maximum atomic E-state index is 13.3. The van der Waals surface area contributed by atoms with Crippen molar-refractivity contribution in [2.75, 3.05) is 0 Å². The molecule has 2 aromatic heterocycles. The Bertz CT molecular complexity index is 1180. The summed E-state index contributed by atoms with van der Waals surface area (Å²) in [5, 5.41) is 1.94. The van der Waals surface area contributed by atoms with Crippen molar-refractivity contribution in [3.8, 4) is 5.75 Å². The molecule has 2 aromatic carbocycles. The van der Waals surface area contributed by atoms with E-state index < -0.39 is 0 Å². The van der Waals surface area contributed by atoms with Crippen LogP contribution in [-0.4, -0.2) is 15.8 Å². The monoisotopic (exact) mass is 446 g/mol. The molecule has 0 aliphatic carbocycles. The van der Waals surface area contributed by atoms with Crippen molar-refractivity contribution >= 4 is 17.2 Å². The molecule has 0 N–H and O–H groups in total. The van der Waals surface area contributed by atoms with Crippen LogP contribution in [0.5, 0.6) is 5.75 Å². The molecule has 0 bridgehead atoms. The predicted octanol–water partition coefficient (Wildman–Crippen LogP) is 6.01. The van der Waals surface area contributed by atoms with Crippen molar-refractivity contribution in [2.24, 2.45) is 0 Å². The minimum Gasteiger partial charge on any atom is -0.489 e. The summed E-state index contributed by atoms with van der Waals surface area (Å²) in [6.45, 7) is 3.22. The van der Waals surface area contributed by atoms with E-state index in [1.54, 1.807) is 18.5 Å². The number of aryl methyl sites for hydroxylation is 1. The van der Waals surface area contributed by atoms with E-state index in [4.69, 9.17) is 4.74 Å². The van der Waals surface area contributed by atoms with Gasteiger partial charge in [0.25, 0.3) is 5.91 Å². The van der Waals surface area contributed by atoms with E-state index in [-0.39, 0.29) is 11.7 Å². The third-order valence-corrected chi connectivity index (χ3v) is 6.06. The molecule has 0 spiro atoms. The Balaban J connectivity index is 1.46. The number of nitrogens with zero attached hydrogens (tertiary/aromatic N) is 2. The third-order valence-electron chi connectivity index (χ3n) is 5.06. The highest BCUT2D eigenvalue weighted by Gasteiger charge is 2.19. The third kappa shape index (κ3) is 5.59. The molecule has 4 aromatic rings. The largest absolute Gasteiger partial charge is 0.489 e. The van der Waals surface area contributed by atoms with Crippen LogP contribution in [0, 0.1) is 12.7 Å². The topological polar surface area (TPSA) is 42.4 Å². The zero-order valence-corrected chi connectivity index (χ0v) is 18.5. The molecule has 6 heteroatoms. The Morgan fingerprint density at radius 3 is 2.34 bits per heavy atom. The van der Waals surface area contributed by atoms with Crippen LogP contribution in [0.1, 0.15) is 31.9 Å². The second kappa shape index (κ2) is 10.2. The number of benzene rings is 2. The van der Waals surface area contributed by atoms with E-state index in [2.05, 4.69) is 4.98 Å². The lowest BCUT2D eigenvalue weighted by atomic mass is 10.1. The summed E-state index contributed by atoms with van der Waals surface area (Å²) in [7, 11) is 0. The van der Waals surface area contributed by atoms with E-state index in [9.17, 15) is 9.18 Å². The molecule has 1 amide bonds. The second-order valence-corrected chi connectivity index (χ2v) is 8.43. The van der Waals surface area contributed by atoms with Gasteiger partial charge in [0, 0.05) is 25.5 Å². The summed E-state index contributed by atoms with van der Waals surface area (Å²) in [4.78, 5) is 19.9. The Kier molecular flexibility index (Phi) is 6.92. The Labute approximate surface area is 190 Å². The molecule has 32 heavy (non-hydrogen) atoms. The number of ether oxygens (including phenoxy) is 1. The predicted molar refractivity (Wildman–Crippen MR) is 124 cm³/mol. The summed E-state index contributed by atoms with van der Waals surface area (Å²) in [5.41, 5.74) is 3.78. The second-order valence-electron chi connectivity index (χ2n) is 7.51. The van der Waals surface area contributed by atoms with Crippen LogP contribution in [-0.2, 0) is 19.7 Å². The highest BCUT2D eigenvalue weighted by atomic mass is 32.1. The highest BCUT2D eigenvalue weighted by molar-refractivity contribution is 7.12. The van der Waals surface area contributed by atoms with Crippen LogP contribution < -0.4 is 4.74 Å². The Morgan fingerprint density at radius 2 is 1.69 bits per heavy atom. The SMILES string of the molecule is Cc1ccsc1C(=O)N(Cc1ccncc1)Cc1ccc(OCc2cccc(F)c2)cc1. The summed E-state index contributed by atoms with van der Waals surface area (Å²) in [6.07, 6.45) is 3.47. The molecule has 0 saturated carbocycles. The van der Waals surface area contributed by atoms with Crippen molar-refractivity contribution < 1.29 is 13.9 Å². The van der Waals surface area contributed by atoms with Crippen LogP contribution >= 0.6 is 11.3 Å². The molecule has 0 aliphatic heterocycles. The summed E-state index contributed by atoms with van der Waals surface area (Å²) < 4.78 is 19.1. The zero-order valence-electron chi connectivity index (χ0n) is 17.7. The van der Waals surface area contributed by atoms with Gasteiger partial charge in [-0.2, -0.15) is 0 Å². The van der Waals surface area contributed by atoms with Crippen LogP contribution in [0.15, 0.2) is 84.5 Å². The van der Waals surface area contributed by atoms with E-state index in [1.807, 2.05) is 65.7 Å². The molecule has 4 rings (SSSR count). The molecule has 4 nitrogen and oxygen atoms in total. The van der Waals surface area contributed by atoms with Gasteiger partial charge in [0.2, 0.25) is 0 Å². The summed E-state index contributed by atoms with van der Waals surface area (Å²) in [6, 6.07) is 19.8. The lowest BCUT2D eigenvalue weighted by Crippen LogP contribution is -2.30. The molecular weight excluding hydrogens is 423 g/mol. The van der Waals surface area contributed by atoms with Gasteiger partial charge in [0.1, 0.15) is 18.2 Å². The van der Waals surface area contributed by atoms with Gasteiger partial charge in [-0.3, -0.25) is 9.78 Å². The zero-order chi connectivity index (χ0) is 22.3. The molecule has 0 atom stereocenters. The normalized spacial score (nSPS) is 10.7. The lowest BCUT2D eigenvalue weighted by molar-refractivity contribution is 0.0734. The number of halogens is 1. The molecular formula is C26H23FN2O2S. The first-order valence-corrected chi connectivity index (χ1v) is 11.1. The molecule has 2 heterocycles.